The lowest BCUT2D eigenvalue weighted by molar-refractivity contribution is -0.112. The molecule has 2 aromatic carbocycles. The van der Waals surface area contributed by atoms with Gasteiger partial charge in [0, 0.05) is 38.1 Å². The van der Waals surface area contributed by atoms with Crippen molar-refractivity contribution in [2.24, 2.45) is 0 Å². The smallest absolute Gasteiger partial charge is 0.267 e. The molecule has 0 unspecified atom stereocenters. The van der Waals surface area contributed by atoms with Crippen LogP contribution in [-0.4, -0.2) is 44.1 Å². The lowest BCUT2D eigenvalue weighted by Crippen LogP contribution is -2.44. The van der Waals surface area contributed by atoms with Crippen molar-refractivity contribution in [2.75, 3.05) is 43.5 Å². The second-order valence-corrected chi connectivity index (χ2v) is 7.05. The highest BCUT2D eigenvalue weighted by Crippen LogP contribution is 2.25. The molecule has 0 aromatic heterocycles. The van der Waals surface area contributed by atoms with Gasteiger partial charge in [0.05, 0.1) is 12.8 Å². The predicted octanol–water partition coefficient (Wildman–Crippen LogP) is 3.90. The lowest BCUT2D eigenvalue weighted by atomic mass is 10.1. The Morgan fingerprint density at radius 2 is 1.80 bits per heavy atom. The Kier molecular flexibility index (Phi) is 8.14. The summed E-state index contributed by atoms with van der Waals surface area (Å²) < 4.78 is 5.25. The molecule has 158 valence electrons. The van der Waals surface area contributed by atoms with Crippen LogP contribution in [0.2, 0.25) is 0 Å². The molecular formula is C23H27ClN4O2. The number of amides is 1. The fourth-order valence-electron chi connectivity index (χ4n) is 3.43. The van der Waals surface area contributed by atoms with Gasteiger partial charge in [-0.15, -0.1) is 12.4 Å². The van der Waals surface area contributed by atoms with Gasteiger partial charge >= 0.3 is 0 Å². The maximum Gasteiger partial charge on any atom is 0.267 e. The van der Waals surface area contributed by atoms with E-state index < -0.39 is 5.91 Å². The monoisotopic (exact) mass is 426 g/mol. The molecule has 0 radical (unpaired) electrons. The third-order valence-corrected chi connectivity index (χ3v) is 5.26. The van der Waals surface area contributed by atoms with Crippen LogP contribution in [0.25, 0.3) is 0 Å². The molecule has 1 heterocycles. The van der Waals surface area contributed by atoms with E-state index in [2.05, 4.69) is 42.3 Å². The van der Waals surface area contributed by atoms with E-state index in [-0.39, 0.29) is 18.0 Å². The number of para-hydroxylation sites is 2. The molecule has 2 aromatic rings. The van der Waals surface area contributed by atoms with E-state index in [1.54, 1.807) is 31.5 Å². The molecule has 1 aliphatic heterocycles. The van der Waals surface area contributed by atoms with Gasteiger partial charge in [0.1, 0.15) is 17.4 Å². The van der Waals surface area contributed by atoms with Crippen LogP contribution in [0.1, 0.15) is 11.1 Å². The average Bonchev–Trinajstić information content (AvgIpc) is 2.75. The van der Waals surface area contributed by atoms with Crippen LogP contribution in [0.3, 0.4) is 0 Å². The second-order valence-electron chi connectivity index (χ2n) is 7.05. The summed E-state index contributed by atoms with van der Waals surface area (Å²) in [6.07, 6.45) is 1.66. The van der Waals surface area contributed by atoms with Crippen molar-refractivity contribution in [1.82, 2.24) is 4.90 Å². The largest absolute Gasteiger partial charge is 0.495 e. The molecule has 1 amide bonds. The van der Waals surface area contributed by atoms with Crippen LogP contribution < -0.4 is 15.0 Å². The predicted molar refractivity (Wildman–Crippen MR) is 122 cm³/mol. The van der Waals surface area contributed by atoms with Gasteiger partial charge in [0.2, 0.25) is 0 Å². The molecule has 0 spiro atoms. The Balaban J connectivity index is 0.00000320. The number of hydrogen-bond donors (Lipinski definition) is 1. The third-order valence-electron chi connectivity index (χ3n) is 5.26. The second kappa shape index (κ2) is 10.6. The van der Waals surface area contributed by atoms with Gasteiger partial charge in [0.15, 0.2) is 0 Å². The van der Waals surface area contributed by atoms with E-state index in [1.165, 1.54) is 16.8 Å². The van der Waals surface area contributed by atoms with E-state index in [0.717, 1.165) is 26.2 Å². The van der Waals surface area contributed by atoms with E-state index in [9.17, 15) is 10.1 Å². The SMILES string of the molecule is COc1ccccc1NC(=O)/C(C#N)=C\N1CCN(c2cccc(C)c2C)CC1.Cl. The van der Waals surface area contributed by atoms with Crippen molar-refractivity contribution < 1.29 is 9.53 Å². The standard InChI is InChI=1S/C23H26N4O2.ClH/c1-17-7-6-9-21(18(17)2)27-13-11-26(12-14-27)16-19(15-24)23(28)25-20-8-4-5-10-22(20)29-3;/h4-10,16H,11-14H2,1-3H3,(H,25,28);1H/b19-16-;. The Bertz CT molecular complexity index is 960. The number of aryl methyl sites for hydroxylation is 1. The Labute approximate surface area is 184 Å². The van der Waals surface area contributed by atoms with Crippen LogP contribution in [-0.2, 0) is 4.79 Å². The number of benzene rings is 2. The van der Waals surface area contributed by atoms with Crippen LogP contribution >= 0.6 is 12.4 Å². The lowest BCUT2D eigenvalue weighted by Gasteiger charge is -2.36. The zero-order chi connectivity index (χ0) is 20.8. The summed E-state index contributed by atoms with van der Waals surface area (Å²) in [6, 6.07) is 15.5. The first-order valence-electron chi connectivity index (χ1n) is 9.65. The number of anilines is 2. The third kappa shape index (κ3) is 5.25. The molecule has 7 heteroatoms. The number of carbonyl (C=O) groups is 1. The number of nitriles is 1. The van der Waals surface area contributed by atoms with Gasteiger partial charge in [0.25, 0.3) is 5.91 Å². The molecule has 0 aliphatic carbocycles. The summed E-state index contributed by atoms with van der Waals surface area (Å²) in [6.45, 7) is 7.45. The van der Waals surface area contributed by atoms with Crippen molar-refractivity contribution in [3.8, 4) is 11.8 Å². The number of hydrogen-bond acceptors (Lipinski definition) is 5. The maximum atomic E-state index is 12.6. The fraction of sp³-hybridized carbons (Fsp3) is 0.304. The molecule has 0 atom stereocenters. The zero-order valence-electron chi connectivity index (χ0n) is 17.5. The van der Waals surface area contributed by atoms with Crippen molar-refractivity contribution in [3.63, 3.8) is 0 Å². The normalized spacial score (nSPS) is 13.9. The number of nitrogens with zero attached hydrogens (tertiary/aromatic N) is 3. The highest BCUT2D eigenvalue weighted by molar-refractivity contribution is 6.07. The molecule has 1 aliphatic rings. The first-order valence-corrected chi connectivity index (χ1v) is 9.65. The van der Waals surface area contributed by atoms with Crippen LogP contribution in [0.4, 0.5) is 11.4 Å². The molecule has 3 rings (SSSR count). The quantitative estimate of drug-likeness (QED) is 0.580. The minimum absolute atomic E-state index is 0. The number of carbonyl (C=O) groups excluding carboxylic acids is 1. The van der Waals surface area contributed by atoms with Gasteiger partial charge in [-0.25, -0.2) is 0 Å². The molecule has 0 saturated carbocycles. The van der Waals surface area contributed by atoms with Gasteiger partial charge in [-0.1, -0.05) is 24.3 Å². The minimum atomic E-state index is -0.436. The van der Waals surface area contributed by atoms with Crippen LogP contribution in [0.15, 0.2) is 54.2 Å². The van der Waals surface area contributed by atoms with Crippen molar-refractivity contribution in [1.29, 1.82) is 5.26 Å². The Morgan fingerprint density at radius 1 is 1.10 bits per heavy atom. The van der Waals surface area contributed by atoms with Crippen molar-refractivity contribution >= 4 is 29.7 Å². The van der Waals surface area contributed by atoms with Crippen LogP contribution in [0, 0.1) is 25.2 Å². The first-order chi connectivity index (χ1) is 14.0. The maximum absolute atomic E-state index is 12.6. The Hall–Kier alpha value is -3.17. The summed E-state index contributed by atoms with van der Waals surface area (Å²) in [7, 11) is 1.54. The molecule has 1 fully saturated rings. The number of ether oxygens (including phenoxy) is 1. The van der Waals surface area contributed by atoms with Gasteiger partial charge in [-0.05, 0) is 43.2 Å². The molecule has 30 heavy (non-hydrogen) atoms. The molecular weight excluding hydrogens is 400 g/mol. The number of methoxy groups -OCH3 is 1. The Morgan fingerprint density at radius 3 is 2.47 bits per heavy atom. The van der Waals surface area contributed by atoms with E-state index in [4.69, 9.17) is 4.74 Å². The summed E-state index contributed by atoms with van der Waals surface area (Å²) in [5, 5.41) is 12.2. The van der Waals surface area contributed by atoms with Gasteiger partial charge in [-0.3, -0.25) is 4.79 Å². The van der Waals surface area contributed by atoms with E-state index >= 15 is 0 Å². The van der Waals surface area contributed by atoms with E-state index in [0.29, 0.717) is 11.4 Å². The molecule has 1 saturated heterocycles. The summed E-state index contributed by atoms with van der Waals surface area (Å²) >= 11 is 0. The van der Waals surface area contributed by atoms with Gasteiger partial charge < -0.3 is 19.9 Å². The summed E-state index contributed by atoms with van der Waals surface area (Å²) in [5.41, 5.74) is 4.45. The number of nitrogens with one attached hydrogen (secondary N) is 1. The highest BCUT2D eigenvalue weighted by Gasteiger charge is 2.19. The topological polar surface area (TPSA) is 68.6 Å². The first kappa shape index (κ1) is 23.1. The van der Waals surface area contributed by atoms with Crippen molar-refractivity contribution in [2.45, 2.75) is 13.8 Å². The molecule has 1 N–H and O–H groups in total. The summed E-state index contributed by atoms with van der Waals surface area (Å²) in [4.78, 5) is 16.9. The number of halogens is 1. The minimum Gasteiger partial charge on any atom is -0.495 e. The molecule has 0 bridgehead atoms. The van der Waals surface area contributed by atoms with Gasteiger partial charge in [-0.2, -0.15) is 5.26 Å². The highest BCUT2D eigenvalue weighted by atomic mass is 35.5. The fourth-order valence-corrected chi connectivity index (χ4v) is 3.43. The van der Waals surface area contributed by atoms with Crippen LogP contribution in [0.5, 0.6) is 5.75 Å². The summed E-state index contributed by atoms with van der Waals surface area (Å²) in [5.74, 6) is 0.120. The average molecular weight is 427 g/mol. The number of piperazine rings is 1. The molecule has 6 nitrogen and oxygen atoms in total. The van der Waals surface area contributed by atoms with Crippen molar-refractivity contribution in [3.05, 3.63) is 65.4 Å². The number of rotatable bonds is 5. The van der Waals surface area contributed by atoms with E-state index in [1.807, 2.05) is 17.0 Å². The zero-order valence-corrected chi connectivity index (χ0v) is 18.3.